The van der Waals surface area contributed by atoms with Crippen LogP contribution in [0.4, 0.5) is 0 Å². The van der Waals surface area contributed by atoms with Gasteiger partial charge in [-0.1, -0.05) is 26.3 Å². The van der Waals surface area contributed by atoms with Crippen LogP contribution in [-0.2, 0) is 14.4 Å². The Morgan fingerprint density at radius 2 is 1.84 bits per heavy atom. The van der Waals surface area contributed by atoms with Gasteiger partial charge in [-0.25, -0.2) is 0 Å². The number of carbonyl (C=O) groups is 3. The Morgan fingerprint density at radius 3 is 2.21 bits per heavy atom. The van der Waals surface area contributed by atoms with Gasteiger partial charge in [0.15, 0.2) is 0 Å². The molecule has 2 atom stereocenters. The molecule has 0 aliphatic rings. The summed E-state index contributed by atoms with van der Waals surface area (Å²) in [6.45, 7) is 6.82. The maximum atomic E-state index is 12.1. The highest BCUT2D eigenvalue weighted by atomic mass is 16.2. The number of rotatable bonds is 6. The normalized spacial score (nSPS) is 14.3. The van der Waals surface area contributed by atoms with Crippen LogP contribution in [-0.4, -0.2) is 30.8 Å². The fourth-order valence-electron chi connectivity index (χ4n) is 1.53. The average molecular weight is 269 g/mol. The Balaban J connectivity index is 4.90. The van der Waals surface area contributed by atoms with E-state index in [1.54, 1.807) is 6.92 Å². The highest BCUT2D eigenvalue weighted by molar-refractivity contribution is 5.99. The molecule has 19 heavy (non-hydrogen) atoms. The molecule has 0 saturated heterocycles. The summed E-state index contributed by atoms with van der Waals surface area (Å²) in [5.41, 5.74) is 0.172. The molecule has 0 aliphatic heterocycles. The summed E-state index contributed by atoms with van der Waals surface area (Å²) in [5, 5.41) is 7.58. The lowest BCUT2D eigenvalue weighted by molar-refractivity contribution is -0.129. The van der Waals surface area contributed by atoms with Gasteiger partial charge >= 0.3 is 0 Å². The minimum Gasteiger partial charge on any atom is -0.354 e. The zero-order valence-corrected chi connectivity index (χ0v) is 12.2. The van der Waals surface area contributed by atoms with Crippen molar-refractivity contribution in [3.8, 4) is 0 Å². The molecule has 3 N–H and O–H groups in total. The SMILES string of the molecule is C/C=C(/NC(=O)[C@H](NC(C)=O)[C@H](C)CC)C(=O)NC. The van der Waals surface area contributed by atoms with E-state index in [0.29, 0.717) is 0 Å². The van der Waals surface area contributed by atoms with Crippen molar-refractivity contribution in [3.63, 3.8) is 0 Å². The Kier molecular flexibility index (Phi) is 7.48. The van der Waals surface area contributed by atoms with Gasteiger partial charge < -0.3 is 16.0 Å². The zero-order chi connectivity index (χ0) is 15.0. The number of amides is 3. The molecule has 0 radical (unpaired) electrons. The number of hydrogen-bond donors (Lipinski definition) is 3. The summed E-state index contributed by atoms with van der Waals surface area (Å²) in [4.78, 5) is 34.7. The van der Waals surface area contributed by atoms with Crippen LogP contribution in [0.15, 0.2) is 11.8 Å². The first-order valence-corrected chi connectivity index (χ1v) is 6.33. The van der Waals surface area contributed by atoms with E-state index in [0.717, 1.165) is 6.42 Å². The van der Waals surface area contributed by atoms with Gasteiger partial charge in [-0.05, 0) is 12.8 Å². The fraction of sp³-hybridized carbons (Fsp3) is 0.615. The van der Waals surface area contributed by atoms with Crippen molar-refractivity contribution in [3.05, 3.63) is 11.8 Å². The minimum absolute atomic E-state index is 0.0216. The Morgan fingerprint density at radius 1 is 1.26 bits per heavy atom. The van der Waals surface area contributed by atoms with E-state index in [-0.39, 0.29) is 29.3 Å². The van der Waals surface area contributed by atoms with Crippen molar-refractivity contribution in [1.29, 1.82) is 0 Å². The molecule has 0 heterocycles. The minimum atomic E-state index is -0.651. The topological polar surface area (TPSA) is 87.3 Å². The van der Waals surface area contributed by atoms with Crippen molar-refractivity contribution >= 4 is 17.7 Å². The predicted molar refractivity (Wildman–Crippen MR) is 73.0 cm³/mol. The van der Waals surface area contributed by atoms with Gasteiger partial charge in [0.05, 0.1) is 0 Å². The van der Waals surface area contributed by atoms with Crippen LogP contribution in [0.1, 0.15) is 34.1 Å². The van der Waals surface area contributed by atoms with Crippen LogP contribution >= 0.6 is 0 Å². The van der Waals surface area contributed by atoms with E-state index in [2.05, 4.69) is 16.0 Å². The van der Waals surface area contributed by atoms with Crippen molar-refractivity contribution in [2.24, 2.45) is 5.92 Å². The molecule has 0 spiro atoms. The second kappa shape index (κ2) is 8.29. The third-order valence-corrected chi connectivity index (χ3v) is 2.87. The lowest BCUT2D eigenvalue weighted by Gasteiger charge is -2.23. The monoisotopic (exact) mass is 269 g/mol. The molecule has 0 aromatic rings. The number of likely N-dealkylation sites (N-methyl/N-ethyl adjacent to an activating group) is 1. The summed E-state index contributed by atoms with van der Waals surface area (Å²) in [6.07, 6.45) is 2.25. The fourth-order valence-corrected chi connectivity index (χ4v) is 1.53. The van der Waals surface area contributed by atoms with Crippen molar-refractivity contribution in [2.75, 3.05) is 7.05 Å². The Labute approximate surface area is 114 Å². The molecule has 0 rings (SSSR count). The molecule has 0 saturated carbocycles. The summed E-state index contributed by atoms with van der Waals surface area (Å²) >= 11 is 0. The second-order valence-electron chi connectivity index (χ2n) is 4.33. The number of carbonyl (C=O) groups excluding carboxylic acids is 3. The first kappa shape index (κ1) is 17.2. The van der Waals surface area contributed by atoms with Gasteiger partial charge in [0, 0.05) is 14.0 Å². The lowest BCUT2D eigenvalue weighted by Crippen LogP contribution is -2.50. The first-order valence-electron chi connectivity index (χ1n) is 6.33. The lowest BCUT2D eigenvalue weighted by atomic mass is 9.98. The molecule has 0 unspecified atom stereocenters. The van der Waals surface area contributed by atoms with E-state index < -0.39 is 6.04 Å². The van der Waals surface area contributed by atoms with Gasteiger partial charge in [0.25, 0.3) is 5.91 Å². The van der Waals surface area contributed by atoms with Gasteiger partial charge in [-0.3, -0.25) is 14.4 Å². The van der Waals surface area contributed by atoms with E-state index in [1.807, 2.05) is 13.8 Å². The second-order valence-corrected chi connectivity index (χ2v) is 4.33. The Bertz CT molecular complexity index is 377. The zero-order valence-electron chi connectivity index (χ0n) is 12.2. The molecule has 0 aromatic heterocycles. The van der Waals surface area contributed by atoms with Gasteiger partial charge in [-0.15, -0.1) is 0 Å². The van der Waals surface area contributed by atoms with Crippen LogP contribution in [0.25, 0.3) is 0 Å². The van der Waals surface area contributed by atoms with Gasteiger partial charge in [0.2, 0.25) is 11.8 Å². The molecular formula is C13H23N3O3. The smallest absolute Gasteiger partial charge is 0.267 e. The van der Waals surface area contributed by atoms with Crippen molar-refractivity contribution in [1.82, 2.24) is 16.0 Å². The van der Waals surface area contributed by atoms with Gasteiger partial charge in [0.1, 0.15) is 11.7 Å². The third kappa shape index (κ3) is 5.54. The number of allylic oxidation sites excluding steroid dienone is 1. The van der Waals surface area contributed by atoms with E-state index in [4.69, 9.17) is 0 Å². The number of hydrogen-bond acceptors (Lipinski definition) is 3. The molecule has 0 fully saturated rings. The van der Waals surface area contributed by atoms with Crippen molar-refractivity contribution < 1.29 is 14.4 Å². The van der Waals surface area contributed by atoms with Crippen molar-refractivity contribution in [2.45, 2.75) is 40.2 Å². The summed E-state index contributed by atoms with van der Waals surface area (Å²) in [5.74, 6) is -1.06. The van der Waals surface area contributed by atoms with Crippen LogP contribution < -0.4 is 16.0 Å². The molecule has 108 valence electrons. The summed E-state index contributed by atoms with van der Waals surface area (Å²) < 4.78 is 0. The number of nitrogens with one attached hydrogen (secondary N) is 3. The van der Waals surface area contributed by atoms with E-state index in [1.165, 1.54) is 20.0 Å². The molecule has 6 nitrogen and oxygen atoms in total. The Hall–Kier alpha value is -1.85. The summed E-state index contributed by atoms with van der Waals surface area (Å²) in [7, 11) is 1.48. The molecule has 0 aromatic carbocycles. The molecule has 6 heteroatoms. The van der Waals surface area contributed by atoms with Crippen LogP contribution in [0.2, 0.25) is 0 Å². The average Bonchev–Trinajstić information content (AvgIpc) is 2.39. The predicted octanol–water partition coefficient (Wildman–Crippen LogP) is 0.303. The molecule has 3 amide bonds. The summed E-state index contributed by atoms with van der Waals surface area (Å²) in [6, 6.07) is -0.651. The maximum absolute atomic E-state index is 12.1. The molecule has 0 aliphatic carbocycles. The van der Waals surface area contributed by atoms with Crippen LogP contribution in [0, 0.1) is 5.92 Å². The quantitative estimate of drug-likeness (QED) is 0.606. The highest BCUT2D eigenvalue weighted by Crippen LogP contribution is 2.08. The maximum Gasteiger partial charge on any atom is 0.267 e. The largest absolute Gasteiger partial charge is 0.354 e. The van der Waals surface area contributed by atoms with E-state index >= 15 is 0 Å². The first-order chi connectivity index (χ1) is 8.87. The molecule has 0 bridgehead atoms. The van der Waals surface area contributed by atoms with Gasteiger partial charge in [-0.2, -0.15) is 0 Å². The van der Waals surface area contributed by atoms with E-state index in [9.17, 15) is 14.4 Å². The molecular weight excluding hydrogens is 246 g/mol. The standard InChI is InChI=1S/C13H23N3O3/c1-6-8(3)11(15-9(4)17)13(19)16-10(7-2)12(18)14-5/h7-8,11H,6H2,1-5H3,(H,14,18)(H,15,17)(H,16,19)/b10-7+/t8-,11-/m1/s1. The third-order valence-electron chi connectivity index (χ3n) is 2.87. The van der Waals surface area contributed by atoms with Crippen LogP contribution in [0.3, 0.4) is 0 Å². The van der Waals surface area contributed by atoms with Crippen LogP contribution in [0.5, 0.6) is 0 Å². The highest BCUT2D eigenvalue weighted by Gasteiger charge is 2.26.